The first-order valence-corrected chi connectivity index (χ1v) is 4.91. The predicted octanol–water partition coefficient (Wildman–Crippen LogP) is 2.37. The molecular formula is C8H9ClOS. The molecule has 0 fully saturated rings. The quantitative estimate of drug-likeness (QED) is 0.619. The van der Waals surface area contributed by atoms with E-state index >= 15 is 0 Å². The van der Waals surface area contributed by atoms with Gasteiger partial charge in [0.05, 0.1) is 0 Å². The molecule has 0 aromatic rings. The largest absolute Gasteiger partial charge is 0.279 e. The van der Waals surface area contributed by atoms with Crippen molar-refractivity contribution in [3.05, 3.63) is 24.3 Å². The first-order chi connectivity index (χ1) is 5.21. The van der Waals surface area contributed by atoms with Crippen LogP contribution in [-0.2, 0) is 4.79 Å². The van der Waals surface area contributed by atoms with E-state index in [1.165, 1.54) is 11.8 Å². The Balaban J connectivity index is 2.85. The van der Waals surface area contributed by atoms with E-state index in [0.29, 0.717) is 6.42 Å². The Hall–Kier alpha value is -0.210. The summed E-state index contributed by atoms with van der Waals surface area (Å²) in [7, 11) is 0. The molecule has 0 spiro atoms. The van der Waals surface area contributed by atoms with Crippen LogP contribution in [0.3, 0.4) is 0 Å². The Bertz CT molecular complexity index is 222. The smallest absolute Gasteiger partial charge is 0.241 e. The maximum atomic E-state index is 11.0. The van der Waals surface area contributed by atoms with Gasteiger partial charge in [-0.25, -0.2) is 0 Å². The average Bonchev–Trinajstić information content (AvgIpc) is 2.05. The number of halogens is 1. The molecule has 0 radical (unpaired) electrons. The van der Waals surface area contributed by atoms with E-state index in [1.807, 2.05) is 30.6 Å². The van der Waals surface area contributed by atoms with Crippen LogP contribution in [0.2, 0.25) is 0 Å². The van der Waals surface area contributed by atoms with E-state index in [9.17, 15) is 4.79 Å². The first kappa shape index (κ1) is 8.88. The monoisotopic (exact) mass is 188 g/mol. The lowest BCUT2D eigenvalue weighted by Crippen LogP contribution is -2.29. The molecule has 0 saturated heterocycles. The molecule has 1 unspecified atom stereocenters. The summed E-state index contributed by atoms with van der Waals surface area (Å²) in [5.74, 6) is 0. The third-order valence-electron chi connectivity index (χ3n) is 1.73. The van der Waals surface area contributed by atoms with Crippen LogP contribution in [-0.4, -0.2) is 16.2 Å². The minimum Gasteiger partial charge on any atom is -0.279 e. The van der Waals surface area contributed by atoms with Gasteiger partial charge in [-0.05, 0) is 24.3 Å². The summed E-state index contributed by atoms with van der Waals surface area (Å²) in [6.45, 7) is 0. The molecule has 1 atom stereocenters. The Morgan fingerprint density at radius 1 is 1.64 bits per heavy atom. The van der Waals surface area contributed by atoms with Gasteiger partial charge in [-0.3, -0.25) is 4.79 Å². The van der Waals surface area contributed by atoms with Gasteiger partial charge in [0.15, 0.2) is 0 Å². The fourth-order valence-electron chi connectivity index (χ4n) is 0.978. The van der Waals surface area contributed by atoms with E-state index in [4.69, 9.17) is 11.6 Å². The Morgan fingerprint density at radius 2 is 2.36 bits per heavy atom. The molecule has 0 heterocycles. The molecule has 0 bridgehead atoms. The lowest BCUT2D eigenvalue weighted by atomic mass is 10.0. The van der Waals surface area contributed by atoms with Crippen molar-refractivity contribution in [3.8, 4) is 0 Å². The Kier molecular flexibility index (Phi) is 2.79. The number of allylic oxidation sites excluding steroid dienone is 3. The predicted molar refractivity (Wildman–Crippen MR) is 50.0 cm³/mol. The minimum absolute atomic E-state index is 0.286. The Morgan fingerprint density at radius 3 is 2.64 bits per heavy atom. The van der Waals surface area contributed by atoms with E-state index in [0.717, 1.165) is 0 Å². The molecule has 11 heavy (non-hydrogen) atoms. The number of carbonyl (C=O) groups excluding carboxylic acids is 1. The zero-order valence-corrected chi connectivity index (χ0v) is 7.78. The topological polar surface area (TPSA) is 17.1 Å². The van der Waals surface area contributed by atoms with Crippen LogP contribution >= 0.6 is 23.4 Å². The molecule has 0 aliphatic heterocycles. The molecule has 0 aromatic heterocycles. The molecule has 1 aliphatic rings. The van der Waals surface area contributed by atoms with Gasteiger partial charge in [0.25, 0.3) is 0 Å². The fraction of sp³-hybridized carbons (Fsp3) is 0.375. The first-order valence-electron chi connectivity index (χ1n) is 3.31. The summed E-state index contributed by atoms with van der Waals surface area (Å²) in [5, 5.41) is -0.286. The number of rotatable bonds is 2. The molecule has 3 heteroatoms. The second kappa shape index (κ2) is 3.46. The van der Waals surface area contributed by atoms with Gasteiger partial charge in [-0.1, -0.05) is 24.3 Å². The van der Waals surface area contributed by atoms with Gasteiger partial charge in [0, 0.05) is 0 Å². The van der Waals surface area contributed by atoms with E-state index < -0.39 is 4.75 Å². The molecular weight excluding hydrogens is 180 g/mol. The van der Waals surface area contributed by atoms with Crippen molar-refractivity contribution in [2.45, 2.75) is 11.2 Å². The van der Waals surface area contributed by atoms with E-state index in [1.54, 1.807) is 0 Å². The van der Waals surface area contributed by atoms with Crippen LogP contribution in [0.1, 0.15) is 6.42 Å². The summed E-state index contributed by atoms with van der Waals surface area (Å²) in [5.41, 5.74) is 0. The molecule has 60 valence electrons. The summed E-state index contributed by atoms with van der Waals surface area (Å²) < 4.78 is -0.504. The fourth-order valence-corrected chi connectivity index (χ4v) is 1.99. The standard InChI is InChI=1S/C8H9ClOS/c1-11-8(7(9)10)5-3-2-4-6-8/h2-5H,6H2,1H3. The zero-order valence-electron chi connectivity index (χ0n) is 6.21. The van der Waals surface area contributed by atoms with Crippen LogP contribution in [0.25, 0.3) is 0 Å². The molecule has 1 aliphatic carbocycles. The maximum Gasteiger partial charge on any atom is 0.241 e. The van der Waals surface area contributed by atoms with Crippen molar-refractivity contribution in [3.63, 3.8) is 0 Å². The van der Waals surface area contributed by atoms with Crippen molar-refractivity contribution in [2.75, 3.05) is 6.26 Å². The van der Waals surface area contributed by atoms with Crippen LogP contribution in [0.5, 0.6) is 0 Å². The van der Waals surface area contributed by atoms with Gasteiger partial charge in [0.2, 0.25) is 5.24 Å². The molecule has 0 N–H and O–H groups in total. The summed E-state index contributed by atoms with van der Waals surface area (Å²) in [4.78, 5) is 11.0. The number of thioether (sulfide) groups is 1. The third-order valence-corrected chi connectivity index (χ3v) is 3.40. The summed E-state index contributed by atoms with van der Waals surface area (Å²) >= 11 is 6.95. The van der Waals surface area contributed by atoms with Gasteiger partial charge in [-0.15, -0.1) is 11.8 Å². The van der Waals surface area contributed by atoms with Crippen LogP contribution in [0.15, 0.2) is 24.3 Å². The lowest BCUT2D eigenvalue weighted by molar-refractivity contribution is -0.112. The maximum absolute atomic E-state index is 11.0. The Labute approximate surface area is 75.5 Å². The van der Waals surface area contributed by atoms with Gasteiger partial charge in [0.1, 0.15) is 4.75 Å². The van der Waals surface area contributed by atoms with Crippen LogP contribution < -0.4 is 0 Å². The van der Waals surface area contributed by atoms with Crippen molar-refractivity contribution < 1.29 is 4.79 Å². The van der Waals surface area contributed by atoms with Crippen molar-refractivity contribution in [1.29, 1.82) is 0 Å². The zero-order chi connectivity index (χ0) is 8.32. The van der Waals surface area contributed by atoms with Crippen molar-refractivity contribution in [2.24, 2.45) is 0 Å². The average molecular weight is 189 g/mol. The highest BCUT2D eigenvalue weighted by Crippen LogP contribution is 2.33. The van der Waals surface area contributed by atoms with E-state index in [-0.39, 0.29) is 5.24 Å². The number of hydrogen-bond donors (Lipinski definition) is 0. The van der Waals surface area contributed by atoms with Crippen molar-refractivity contribution >= 4 is 28.6 Å². The number of carbonyl (C=O) groups is 1. The van der Waals surface area contributed by atoms with Gasteiger partial charge < -0.3 is 0 Å². The molecule has 1 nitrogen and oxygen atoms in total. The van der Waals surface area contributed by atoms with Crippen molar-refractivity contribution in [1.82, 2.24) is 0 Å². The second-order valence-corrected chi connectivity index (χ2v) is 3.84. The molecule has 0 saturated carbocycles. The molecule has 0 aromatic carbocycles. The SMILES string of the molecule is CSC1(C(=O)Cl)C=CC=CC1. The number of hydrogen-bond acceptors (Lipinski definition) is 2. The molecule has 0 amide bonds. The van der Waals surface area contributed by atoms with Gasteiger partial charge in [-0.2, -0.15) is 0 Å². The van der Waals surface area contributed by atoms with Crippen LogP contribution in [0, 0.1) is 0 Å². The molecule has 1 rings (SSSR count). The normalized spacial score (nSPS) is 28.9. The highest BCUT2D eigenvalue weighted by Gasteiger charge is 2.32. The highest BCUT2D eigenvalue weighted by atomic mass is 35.5. The van der Waals surface area contributed by atoms with Crippen LogP contribution in [0.4, 0.5) is 0 Å². The summed E-state index contributed by atoms with van der Waals surface area (Å²) in [6, 6.07) is 0. The summed E-state index contributed by atoms with van der Waals surface area (Å²) in [6.07, 6.45) is 10.2. The van der Waals surface area contributed by atoms with Gasteiger partial charge >= 0.3 is 0 Å². The minimum atomic E-state index is -0.504. The lowest BCUT2D eigenvalue weighted by Gasteiger charge is -2.24. The highest BCUT2D eigenvalue weighted by molar-refractivity contribution is 8.01. The van der Waals surface area contributed by atoms with E-state index in [2.05, 4.69) is 0 Å². The third kappa shape index (κ3) is 1.68. The second-order valence-electron chi connectivity index (χ2n) is 2.36.